The molecule has 3 aromatic rings. The number of aryl methyl sites for hydroxylation is 1. The Balaban J connectivity index is 1.79. The first-order valence-electron chi connectivity index (χ1n) is 11.0. The molecule has 0 saturated heterocycles. The largest absolute Gasteiger partial charge is 0.284 e. The number of non-ortho nitro benzene ring substituents is 1. The summed E-state index contributed by atoms with van der Waals surface area (Å²) in [6.07, 6.45) is 0.135. The number of nitro benzene ring substituents is 1. The van der Waals surface area contributed by atoms with Crippen LogP contribution in [0.4, 0.5) is 11.4 Å². The molecular formula is C24H24N4O6S2. The van der Waals surface area contributed by atoms with Gasteiger partial charge in [-0.15, -0.1) is 0 Å². The number of anilines is 1. The molecule has 0 amide bonds. The summed E-state index contributed by atoms with van der Waals surface area (Å²) in [5.41, 5.74) is 2.40. The maximum Gasteiger partial charge on any atom is 0.279 e. The number of hydrazone groups is 1. The van der Waals surface area contributed by atoms with Crippen LogP contribution >= 0.6 is 0 Å². The molecule has 1 N–H and O–H groups in total. The topological polar surface area (TPSA) is 139 Å². The standard InChI is InChI=1S/C24H24N4O6S2/c1-3-35(31,32)26-20-8-4-6-18(14-20)23-16-24(19-7-5-9-21(15-19)28(29)30)27(25-23)36(33,34)22-12-10-17(2)11-13-22/h4-15,24,26H,3,16H2,1-2H3. The fraction of sp³-hybridized carbons (Fsp3) is 0.208. The molecule has 0 spiro atoms. The predicted molar refractivity (Wildman–Crippen MR) is 137 cm³/mol. The van der Waals surface area contributed by atoms with E-state index in [4.69, 9.17) is 0 Å². The molecule has 12 heteroatoms. The third kappa shape index (κ3) is 5.24. The fourth-order valence-electron chi connectivity index (χ4n) is 3.81. The lowest BCUT2D eigenvalue weighted by molar-refractivity contribution is -0.384. The second-order valence-electron chi connectivity index (χ2n) is 8.30. The van der Waals surface area contributed by atoms with E-state index in [0.717, 1.165) is 9.98 Å². The maximum atomic E-state index is 13.6. The highest BCUT2D eigenvalue weighted by Gasteiger charge is 2.38. The van der Waals surface area contributed by atoms with Gasteiger partial charge in [0.1, 0.15) is 0 Å². The zero-order valence-corrected chi connectivity index (χ0v) is 21.2. The Labute approximate surface area is 209 Å². The van der Waals surface area contributed by atoms with E-state index in [9.17, 15) is 26.9 Å². The highest BCUT2D eigenvalue weighted by molar-refractivity contribution is 7.92. The van der Waals surface area contributed by atoms with Crippen molar-refractivity contribution in [3.8, 4) is 0 Å². The van der Waals surface area contributed by atoms with Gasteiger partial charge in [0.2, 0.25) is 10.0 Å². The molecule has 0 aliphatic carbocycles. The van der Waals surface area contributed by atoms with E-state index in [0.29, 0.717) is 22.5 Å². The molecule has 0 aromatic heterocycles. The molecule has 0 bridgehead atoms. The summed E-state index contributed by atoms with van der Waals surface area (Å²) in [6.45, 7) is 3.36. The van der Waals surface area contributed by atoms with Crippen LogP contribution in [0.2, 0.25) is 0 Å². The van der Waals surface area contributed by atoms with Crippen molar-refractivity contribution in [1.29, 1.82) is 0 Å². The summed E-state index contributed by atoms with van der Waals surface area (Å²) in [5, 5.41) is 15.8. The lowest BCUT2D eigenvalue weighted by atomic mass is 9.98. The lowest BCUT2D eigenvalue weighted by Crippen LogP contribution is -2.27. The molecule has 3 aromatic carbocycles. The van der Waals surface area contributed by atoms with Gasteiger partial charge in [-0.1, -0.05) is 42.0 Å². The van der Waals surface area contributed by atoms with E-state index < -0.39 is 31.0 Å². The third-order valence-corrected chi connectivity index (χ3v) is 8.76. The summed E-state index contributed by atoms with van der Waals surface area (Å²) in [4.78, 5) is 10.9. The van der Waals surface area contributed by atoms with Crippen LogP contribution in [-0.4, -0.2) is 37.6 Å². The molecule has 1 heterocycles. The first kappa shape index (κ1) is 25.3. The third-order valence-electron chi connectivity index (χ3n) is 5.75. The van der Waals surface area contributed by atoms with Gasteiger partial charge in [-0.05, 0) is 49.2 Å². The van der Waals surface area contributed by atoms with Crippen molar-refractivity contribution in [2.24, 2.45) is 5.10 Å². The first-order chi connectivity index (χ1) is 17.0. The van der Waals surface area contributed by atoms with Crippen LogP contribution in [0.1, 0.15) is 36.1 Å². The molecule has 10 nitrogen and oxygen atoms in total. The summed E-state index contributed by atoms with van der Waals surface area (Å²) in [6, 6.07) is 17.8. The minimum Gasteiger partial charge on any atom is -0.284 e. The number of hydrogen-bond acceptors (Lipinski definition) is 7. The van der Waals surface area contributed by atoms with Crippen LogP contribution in [-0.2, 0) is 20.0 Å². The van der Waals surface area contributed by atoms with E-state index in [1.165, 1.54) is 37.3 Å². The number of benzene rings is 3. The van der Waals surface area contributed by atoms with Crippen LogP contribution in [0.3, 0.4) is 0 Å². The summed E-state index contributed by atoms with van der Waals surface area (Å²) < 4.78 is 54.7. The van der Waals surface area contributed by atoms with Crippen LogP contribution in [0, 0.1) is 17.0 Å². The number of rotatable bonds is 8. The smallest absolute Gasteiger partial charge is 0.279 e. The quantitative estimate of drug-likeness (QED) is 0.343. The Kier molecular flexibility index (Phi) is 6.83. The average Bonchev–Trinajstić information content (AvgIpc) is 3.31. The van der Waals surface area contributed by atoms with Gasteiger partial charge in [0.25, 0.3) is 15.7 Å². The molecular weight excluding hydrogens is 504 g/mol. The van der Waals surface area contributed by atoms with E-state index >= 15 is 0 Å². The van der Waals surface area contributed by atoms with Gasteiger partial charge in [-0.25, -0.2) is 8.42 Å². The Morgan fingerprint density at radius 3 is 2.39 bits per heavy atom. The summed E-state index contributed by atoms with van der Waals surface area (Å²) in [7, 11) is -7.62. The van der Waals surface area contributed by atoms with Gasteiger partial charge < -0.3 is 0 Å². The zero-order chi connectivity index (χ0) is 26.1. The summed E-state index contributed by atoms with van der Waals surface area (Å²) in [5.74, 6) is -0.102. The highest BCUT2D eigenvalue weighted by atomic mass is 32.2. The predicted octanol–water partition coefficient (Wildman–Crippen LogP) is 4.20. The SMILES string of the molecule is CCS(=O)(=O)Nc1cccc(C2=NN(S(=O)(=O)c3ccc(C)cc3)C(c3cccc([N+](=O)[O-])c3)C2)c1. The van der Waals surface area contributed by atoms with Gasteiger partial charge in [0.15, 0.2) is 0 Å². The van der Waals surface area contributed by atoms with Crippen molar-refractivity contribution >= 4 is 37.1 Å². The molecule has 36 heavy (non-hydrogen) atoms. The van der Waals surface area contributed by atoms with Gasteiger partial charge in [0, 0.05) is 24.2 Å². The number of nitro groups is 1. The molecule has 4 rings (SSSR count). The normalized spacial score (nSPS) is 16.0. The molecule has 1 aliphatic rings. The fourth-order valence-corrected chi connectivity index (χ4v) is 5.87. The summed E-state index contributed by atoms with van der Waals surface area (Å²) >= 11 is 0. The maximum absolute atomic E-state index is 13.6. The van der Waals surface area contributed by atoms with Crippen LogP contribution in [0.25, 0.3) is 0 Å². The zero-order valence-electron chi connectivity index (χ0n) is 19.5. The first-order valence-corrected chi connectivity index (χ1v) is 14.1. The average molecular weight is 529 g/mol. The van der Waals surface area contributed by atoms with Crippen LogP contribution in [0.15, 0.2) is 82.8 Å². The van der Waals surface area contributed by atoms with Gasteiger partial charge in [-0.2, -0.15) is 17.9 Å². The lowest BCUT2D eigenvalue weighted by Gasteiger charge is -2.23. The van der Waals surface area contributed by atoms with Gasteiger partial charge in [-0.3, -0.25) is 14.8 Å². The number of sulfonamides is 2. The minimum absolute atomic E-state index is 0.0398. The minimum atomic E-state index is -4.11. The molecule has 1 atom stereocenters. The van der Waals surface area contributed by atoms with Crippen molar-refractivity contribution in [2.75, 3.05) is 10.5 Å². The Morgan fingerprint density at radius 2 is 1.72 bits per heavy atom. The van der Waals surface area contributed by atoms with E-state index in [-0.39, 0.29) is 22.8 Å². The van der Waals surface area contributed by atoms with Gasteiger partial charge in [0.05, 0.1) is 27.3 Å². The Hall–Kier alpha value is -3.77. The number of hydrogen-bond donors (Lipinski definition) is 1. The number of nitrogens with zero attached hydrogens (tertiary/aromatic N) is 3. The van der Waals surface area contributed by atoms with Gasteiger partial charge >= 0.3 is 0 Å². The van der Waals surface area contributed by atoms with Crippen molar-refractivity contribution in [1.82, 2.24) is 4.41 Å². The molecule has 1 aliphatic heterocycles. The van der Waals surface area contributed by atoms with Crippen molar-refractivity contribution < 1.29 is 21.8 Å². The molecule has 0 fully saturated rings. The van der Waals surface area contributed by atoms with Crippen molar-refractivity contribution in [2.45, 2.75) is 31.2 Å². The molecule has 0 saturated carbocycles. The second kappa shape index (κ2) is 9.70. The van der Waals surface area contributed by atoms with E-state index in [1.807, 2.05) is 6.92 Å². The van der Waals surface area contributed by atoms with Crippen molar-refractivity contribution in [3.05, 3.63) is 99.6 Å². The van der Waals surface area contributed by atoms with E-state index in [2.05, 4.69) is 9.82 Å². The van der Waals surface area contributed by atoms with Crippen LogP contribution < -0.4 is 4.72 Å². The van der Waals surface area contributed by atoms with E-state index in [1.54, 1.807) is 42.5 Å². The second-order valence-corrected chi connectivity index (χ2v) is 12.1. The number of nitrogens with one attached hydrogen (secondary N) is 1. The highest BCUT2D eigenvalue weighted by Crippen LogP contribution is 2.38. The molecule has 0 radical (unpaired) electrons. The van der Waals surface area contributed by atoms with Crippen LogP contribution in [0.5, 0.6) is 0 Å². The molecule has 188 valence electrons. The Bertz CT molecular complexity index is 1550. The Morgan fingerprint density at radius 1 is 1.03 bits per heavy atom. The monoisotopic (exact) mass is 528 g/mol. The van der Waals surface area contributed by atoms with Crippen molar-refractivity contribution in [3.63, 3.8) is 0 Å². The molecule has 1 unspecified atom stereocenters.